The van der Waals surface area contributed by atoms with E-state index in [0.717, 1.165) is 44.8 Å². The number of benzene rings is 1. The zero-order valence-corrected chi connectivity index (χ0v) is 15.0. The summed E-state index contributed by atoms with van der Waals surface area (Å²) >= 11 is 0. The van der Waals surface area contributed by atoms with Crippen LogP contribution >= 0.6 is 0 Å². The summed E-state index contributed by atoms with van der Waals surface area (Å²) in [6, 6.07) is 6.83. The van der Waals surface area contributed by atoms with E-state index >= 15 is 0 Å². The number of ether oxygens (including phenoxy) is 2. The van der Waals surface area contributed by atoms with E-state index in [-0.39, 0.29) is 11.4 Å². The predicted octanol–water partition coefficient (Wildman–Crippen LogP) is 2.53. The van der Waals surface area contributed by atoms with Gasteiger partial charge in [0.15, 0.2) is 0 Å². The van der Waals surface area contributed by atoms with E-state index in [0.29, 0.717) is 12.5 Å². The maximum atomic E-state index is 13.1. The molecule has 0 N–H and O–H groups in total. The molecule has 3 aliphatic heterocycles. The van der Waals surface area contributed by atoms with E-state index in [1.165, 1.54) is 44.6 Å². The third-order valence-corrected chi connectivity index (χ3v) is 5.75. The van der Waals surface area contributed by atoms with Crippen molar-refractivity contribution in [2.75, 3.05) is 52.5 Å². The van der Waals surface area contributed by atoms with Crippen molar-refractivity contribution in [3.63, 3.8) is 0 Å². The molecule has 0 saturated carbocycles. The average molecular weight is 348 g/mol. The molecule has 0 bridgehead atoms. The molecule has 0 amide bonds. The van der Waals surface area contributed by atoms with Gasteiger partial charge in [-0.3, -0.25) is 4.90 Å². The third-order valence-electron chi connectivity index (χ3n) is 5.75. The van der Waals surface area contributed by atoms with Gasteiger partial charge in [0, 0.05) is 26.2 Å². The van der Waals surface area contributed by atoms with E-state index < -0.39 is 0 Å². The molecule has 1 spiro atoms. The highest BCUT2D eigenvalue weighted by Crippen LogP contribution is 2.34. The van der Waals surface area contributed by atoms with E-state index in [2.05, 4.69) is 9.80 Å². The van der Waals surface area contributed by atoms with Crippen molar-refractivity contribution in [1.82, 2.24) is 9.80 Å². The summed E-state index contributed by atoms with van der Waals surface area (Å²) in [5.74, 6) is 0.441. The maximum Gasteiger partial charge on any atom is 0.123 e. The van der Waals surface area contributed by atoms with E-state index in [1.807, 2.05) is 12.1 Å². The topological polar surface area (TPSA) is 24.9 Å². The first-order valence-corrected chi connectivity index (χ1v) is 9.62. The Morgan fingerprint density at radius 1 is 1.08 bits per heavy atom. The Morgan fingerprint density at radius 3 is 2.68 bits per heavy atom. The summed E-state index contributed by atoms with van der Waals surface area (Å²) in [5.41, 5.74) is 0.978. The van der Waals surface area contributed by atoms with Crippen molar-refractivity contribution >= 4 is 0 Å². The highest BCUT2D eigenvalue weighted by atomic mass is 19.1. The van der Waals surface area contributed by atoms with Crippen molar-refractivity contribution in [3.05, 3.63) is 35.6 Å². The largest absolute Gasteiger partial charge is 0.377 e. The van der Waals surface area contributed by atoms with Gasteiger partial charge < -0.3 is 14.4 Å². The van der Waals surface area contributed by atoms with Gasteiger partial charge in [0.05, 0.1) is 19.8 Å². The summed E-state index contributed by atoms with van der Waals surface area (Å²) < 4.78 is 25.3. The van der Waals surface area contributed by atoms with Gasteiger partial charge in [-0.1, -0.05) is 12.1 Å². The van der Waals surface area contributed by atoms with Crippen LogP contribution in [0.3, 0.4) is 0 Å². The number of halogens is 1. The lowest BCUT2D eigenvalue weighted by molar-refractivity contribution is -0.0563. The van der Waals surface area contributed by atoms with Gasteiger partial charge in [-0.25, -0.2) is 4.39 Å². The maximum absolute atomic E-state index is 13.1. The lowest BCUT2D eigenvalue weighted by Gasteiger charge is -2.31. The molecule has 0 aliphatic carbocycles. The molecule has 2 atom stereocenters. The third kappa shape index (κ3) is 4.40. The van der Waals surface area contributed by atoms with E-state index in [1.54, 1.807) is 0 Å². The van der Waals surface area contributed by atoms with Crippen LogP contribution in [0.25, 0.3) is 0 Å². The molecule has 3 fully saturated rings. The second-order valence-electron chi connectivity index (χ2n) is 7.96. The van der Waals surface area contributed by atoms with Crippen LogP contribution in [-0.4, -0.2) is 67.9 Å². The Kier molecular flexibility index (Phi) is 5.36. The molecule has 3 aliphatic rings. The quantitative estimate of drug-likeness (QED) is 0.835. The van der Waals surface area contributed by atoms with Crippen molar-refractivity contribution in [1.29, 1.82) is 0 Å². The molecule has 4 nitrogen and oxygen atoms in total. The second-order valence-corrected chi connectivity index (χ2v) is 7.96. The molecule has 0 unspecified atom stereocenters. The molecular formula is C20H29FN2O2. The molecular weight excluding hydrogens is 319 g/mol. The minimum Gasteiger partial charge on any atom is -0.377 e. The van der Waals surface area contributed by atoms with Crippen molar-refractivity contribution in [3.8, 4) is 0 Å². The summed E-state index contributed by atoms with van der Waals surface area (Å²) in [7, 11) is 0. The molecule has 1 aromatic carbocycles. The van der Waals surface area contributed by atoms with Crippen LogP contribution in [0.2, 0.25) is 0 Å². The van der Waals surface area contributed by atoms with Gasteiger partial charge in [0.25, 0.3) is 0 Å². The first-order chi connectivity index (χ1) is 12.2. The van der Waals surface area contributed by atoms with Gasteiger partial charge in [-0.2, -0.15) is 0 Å². The SMILES string of the molecule is Fc1ccc(CN2CCOC[C@]3(C[C@H](CN4CCCC4)CO3)C2)cc1. The standard InChI is InChI=1S/C20H29FN2O2/c21-19-5-3-17(4-6-19)12-23-9-10-24-16-20(15-23)11-18(14-25-20)13-22-7-1-2-8-22/h3-6,18H,1-2,7-16H2/t18-,20+/m1/s1. The molecule has 5 heteroatoms. The van der Waals surface area contributed by atoms with Gasteiger partial charge in [-0.15, -0.1) is 0 Å². The van der Waals surface area contributed by atoms with Gasteiger partial charge in [0.1, 0.15) is 11.4 Å². The second kappa shape index (κ2) is 7.70. The number of rotatable bonds is 4. The van der Waals surface area contributed by atoms with E-state index in [4.69, 9.17) is 9.47 Å². The first kappa shape index (κ1) is 17.4. The molecule has 25 heavy (non-hydrogen) atoms. The normalized spacial score (nSPS) is 31.6. The fraction of sp³-hybridized carbons (Fsp3) is 0.700. The van der Waals surface area contributed by atoms with Gasteiger partial charge in [0.2, 0.25) is 0 Å². The lowest BCUT2D eigenvalue weighted by Crippen LogP contribution is -2.44. The van der Waals surface area contributed by atoms with Crippen LogP contribution < -0.4 is 0 Å². The Hall–Kier alpha value is -1.01. The fourth-order valence-electron chi connectivity index (χ4n) is 4.56. The Bertz CT molecular complexity index is 561. The van der Waals surface area contributed by atoms with Crippen LogP contribution in [0.1, 0.15) is 24.8 Å². The number of nitrogens with zero attached hydrogens (tertiary/aromatic N) is 2. The molecule has 3 heterocycles. The summed E-state index contributed by atoms with van der Waals surface area (Å²) in [4.78, 5) is 4.99. The van der Waals surface area contributed by atoms with E-state index in [9.17, 15) is 4.39 Å². The minimum absolute atomic E-state index is 0.166. The Morgan fingerprint density at radius 2 is 1.88 bits per heavy atom. The Labute approximate surface area is 149 Å². The summed E-state index contributed by atoms with van der Waals surface area (Å²) in [6.07, 6.45) is 3.77. The zero-order valence-electron chi connectivity index (χ0n) is 15.0. The number of hydrogen-bond acceptors (Lipinski definition) is 4. The molecule has 0 aromatic heterocycles. The highest BCUT2D eigenvalue weighted by Gasteiger charge is 2.43. The predicted molar refractivity (Wildman–Crippen MR) is 95.0 cm³/mol. The number of likely N-dealkylation sites (tertiary alicyclic amines) is 1. The monoisotopic (exact) mass is 348 g/mol. The first-order valence-electron chi connectivity index (χ1n) is 9.62. The summed E-state index contributed by atoms with van der Waals surface area (Å²) in [5, 5.41) is 0. The lowest BCUT2D eigenvalue weighted by atomic mass is 9.93. The van der Waals surface area contributed by atoms with Crippen molar-refractivity contribution < 1.29 is 13.9 Å². The molecule has 4 rings (SSSR count). The minimum atomic E-state index is -0.177. The van der Waals surface area contributed by atoms with Crippen molar-refractivity contribution in [2.24, 2.45) is 5.92 Å². The highest BCUT2D eigenvalue weighted by molar-refractivity contribution is 5.16. The summed E-state index contributed by atoms with van der Waals surface area (Å²) in [6.45, 7) is 8.58. The fourth-order valence-corrected chi connectivity index (χ4v) is 4.56. The van der Waals surface area contributed by atoms with Gasteiger partial charge in [-0.05, 0) is 56.0 Å². The Balaban J connectivity index is 1.36. The zero-order chi connectivity index (χ0) is 17.1. The van der Waals surface area contributed by atoms with Crippen molar-refractivity contribution in [2.45, 2.75) is 31.4 Å². The molecule has 1 aromatic rings. The molecule has 0 radical (unpaired) electrons. The van der Waals surface area contributed by atoms with Crippen LogP contribution in [-0.2, 0) is 16.0 Å². The van der Waals surface area contributed by atoms with Crippen LogP contribution in [0.4, 0.5) is 4.39 Å². The van der Waals surface area contributed by atoms with Crippen LogP contribution in [0, 0.1) is 11.7 Å². The molecule has 138 valence electrons. The molecule has 3 saturated heterocycles. The van der Waals surface area contributed by atoms with Gasteiger partial charge >= 0.3 is 0 Å². The smallest absolute Gasteiger partial charge is 0.123 e. The van der Waals surface area contributed by atoms with Crippen LogP contribution in [0.15, 0.2) is 24.3 Å². The average Bonchev–Trinajstić information content (AvgIpc) is 3.20. The van der Waals surface area contributed by atoms with Crippen LogP contribution in [0.5, 0.6) is 0 Å². The number of hydrogen-bond donors (Lipinski definition) is 0.